The highest BCUT2D eigenvalue weighted by molar-refractivity contribution is 6.05. The van der Waals surface area contributed by atoms with Crippen LogP contribution in [0.2, 0.25) is 0 Å². The topological polar surface area (TPSA) is 123 Å². The molecule has 0 spiro atoms. The number of halogens is 1. The Morgan fingerprint density at radius 2 is 1.79 bits per heavy atom. The van der Waals surface area contributed by atoms with Crippen LogP contribution in [0.3, 0.4) is 0 Å². The van der Waals surface area contributed by atoms with Crippen LogP contribution in [0.15, 0.2) is 39.5 Å². The van der Waals surface area contributed by atoms with E-state index in [0.29, 0.717) is 47.7 Å². The summed E-state index contributed by atoms with van der Waals surface area (Å²) in [6, 6.07) is 5.97. The lowest BCUT2D eigenvalue weighted by atomic mass is 10.1. The zero-order chi connectivity index (χ0) is 26.2. The fourth-order valence-corrected chi connectivity index (χ4v) is 5.13. The Kier molecular flexibility index (Phi) is 7.72. The van der Waals surface area contributed by atoms with Crippen molar-refractivity contribution in [2.45, 2.75) is 52.2 Å². The van der Waals surface area contributed by atoms with E-state index in [-0.39, 0.29) is 36.2 Å². The zero-order valence-corrected chi connectivity index (χ0v) is 23.0. The van der Waals surface area contributed by atoms with Crippen molar-refractivity contribution in [3.05, 3.63) is 42.0 Å². The molecule has 2 aliphatic rings. The summed E-state index contributed by atoms with van der Waals surface area (Å²) >= 11 is 0. The molecule has 206 valence electrons. The summed E-state index contributed by atoms with van der Waals surface area (Å²) in [5, 5.41) is 3.00. The molecule has 0 aromatic carbocycles. The Bertz CT molecular complexity index is 1460. The van der Waals surface area contributed by atoms with Gasteiger partial charge < -0.3 is 28.7 Å². The highest BCUT2D eigenvalue weighted by atomic mass is 35.5. The minimum Gasteiger partial charge on any atom is -0.444 e. The molecule has 1 amide bonds. The number of oxazole rings is 2. The number of anilines is 3. The number of carbonyl (C=O) groups is 1. The second-order valence-corrected chi connectivity index (χ2v) is 10.1. The average Bonchev–Trinajstić information content (AvgIpc) is 3.56. The number of nitrogens with zero attached hydrogens (tertiary/aromatic N) is 6. The van der Waals surface area contributed by atoms with Gasteiger partial charge in [-0.05, 0) is 52.2 Å². The Hall–Kier alpha value is -3.70. The van der Waals surface area contributed by atoms with Crippen LogP contribution < -0.4 is 15.1 Å². The molecule has 0 bridgehead atoms. The molecule has 2 fully saturated rings. The molecular weight excluding hydrogens is 522 g/mol. The predicted octanol–water partition coefficient (Wildman–Crippen LogP) is 4.86. The lowest BCUT2D eigenvalue weighted by Gasteiger charge is -2.34. The van der Waals surface area contributed by atoms with E-state index in [2.05, 4.69) is 25.1 Å². The molecule has 12 heteroatoms. The van der Waals surface area contributed by atoms with Gasteiger partial charge in [0.05, 0.1) is 17.9 Å². The van der Waals surface area contributed by atoms with Crippen molar-refractivity contribution in [3.8, 4) is 11.5 Å². The first-order valence-corrected chi connectivity index (χ1v) is 13.1. The number of rotatable bonds is 5. The molecule has 4 aromatic rings. The molecule has 2 atom stereocenters. The average molecular weight is 554 g/mol. The van der Waals surface area contributed by atoms with Crippen LogP contribution in [0.1, 0.15) is 49.3 Å². The third kappa shape index (κ3) is 5.69. The van der Waals surface area contributed by atoms with E-state index in [4.69, 9.17) is 23.5 Å². The molecule has 0 aliphatic carbocycles. The summed E-state index contributed by atoms with van der Waals surface area (Å²) < 4.78 is 17.6. The quantitative estimate of drug-likeness (QED) is 0.366. The molecule has 2 unspecified atom stereocenters. The van der Waals surface area contributed by atoms with Crippen molar-refractivity contribution in [3.63, 3.8) is 0 Å². The Morgan fingerprint density at radius 3 is 2.54 bits per heavy atom. The summed E-state index contributed by atoms with van der Waals surface area (Å²) in [7, 11) is 0. The summed E-state index contributed by atoms with van der Waals surface area (Å²) in [5.74, 6) is 0.655. The molecule has 6 heterocycles. The lowest BCUT2D eigenvalue weighted by Crippen LogP contribution is -2.45. The monoisotopic (exact) mass is 553 g/mol. The highest BCUT2D eigenvalue weighted by Crippen LogP contribution is 2.33. The van der Waals surface area contributed by atoms with Crippen LogP contribution in [0.4, 0.5) is 17.5 Å². The van der Waals surface area contributed by atoms with Gasteiger partial charge in [-0.25, -0.2) is 9.97 Å². The van der Waals surface area contributed by atoms with Gasteiger partial charge in [-0.3, -0.25) is 9.78 Å². The number of pyridine rings is 2. The minimum absolute atomic E-state index is 0. The SMILES string of the molecule is Cc1cc(-c2nc(C(=O)Nc3cc4oc(N5CC(C)OC(C)C5)nc4nc3N3CCCCC3)co2)ccn1.Cl. The maximum Gasteiger partial charge on any atom is 0.300 e. The number of morpholine rings is 1. The van der Waals surface area contributed by atoms with E-state index in [1.54, 1.807) is 18.3 Å². The van der Waals surface area contributed by atoms with Gasteiger partial charge in [-0.15, -0.1) is 12.4 Å². The Morgan fingerprint density at radius 1 is 1.03 bits per heavy atom. The standard InChI is InChI=1S/C27H31N7O4.ClH/c1-16-11-19(7-8-28-16)26-30-21(15-36-26)25(35)29-20-12-22-23(31-24(20)33-9-5-4-6-10-33)32-27(38-22)34-13-17(2)37-18(3)14-34;/h7-8,11-12,15,17-18H,4-6,9-10,13-14H2,1-3H3,(H,29,35);1H. The van der Waals surface area contributed by atoms with E-state index in [1.165, 1.54) is 12.7 Å². The number of carbonyl (C=O) groups excluding carboxylic acids is 1. The van der Waals surface area contributed by atoms with Crippen molar-refractivity contribution in [1.82, 2.24) is 19.9 Å². The van der Waals surface area contributed by atoms with Crippen LogP contribution in [-0.2, 0) is 4.74 Å². The first-order valence-electron chi connectivity index (χ1n) is 13.1. The fraction of sp³-hybridized carbons (Fsp3) is 0.444. The van der Waals surface area contributed by atoms with Gasteiger partial charge in [-0.2, -0.15) is 4.98 Å². The number of aromatic nitrogens is 4. The van der Waals surface area contributed by atoms with Gasteiger partial charge in [0, 0.05) is 49.7 Å². The number of fused-ring (bicyclic) bond motifs is 1. The number of nitrogens with one attached hydrogen (secondary N) is 1. The van der Waals surface area contributed by atoms with Crippen LogP contribution in [0.25, 0.3) is 22.7 Å². The lowest BCUT2D eigenvalue weighted by molar-refractivity contribution is -0.00662. The van der Waals surface area contributed by atoms with Crippen LogP contribution in [0, 0.1) is 6.92 Å². The minimum atomic E-state index is -0.388. The second kappa shape index (κ2) is 11.2. The van der Waals surface area contributed by atoms with Gasteiger partial charge in [0.25, 0.3) is 11.9 Å². The molecule has 0 radical (unpaired) electrons. The van der Waals surface area contributed by atoms with Gasteiger partial charge in [-0.1, -0.05) is 0 Å². The number of piperidine rings is 1. The number of hydrogen-bond acceptors (Lipinski definition) is 10. The van der Waals surface area contributed by atoms with Crippen molar-refractivity contribution < 1.29 is 18.4 Å². The van der Waals surface area contributed by atoms with Gasteiger partial charge in [0.2, 0.25) is 11.5 Å². The maximum absolute atomic E-state index is 13.3. The number of hydrogen-bond donors (Lipinski definition) is 1. The molecule has 6 rings (SSSR count). The summed E-state index contributed by atoms with van der Waals surface area (Å²) in [5.41, 5.74) is 3.35. The molecule has 2 aliphatic heterocycles. The molecule has 0 saturated carbocycles. The van der Waals surface area contributed by atoms with Crippen LogP contribution >= 0.6 is 12.4 Å². The summed E-state index contributed by atoms with van der Waals surface area (Å²) in [6.07, 6.45) is 6.51. The second-order valence-electron chi connectivity index (χ2n) is 10.1. The number of ether oxygens (including phenoxy) is 1. The molecular formula is C27H32ClN7O4. The molecule has 11 nitrogen and oxygen atoms in total. The maximum atomic E-state index is 13.3. The van der Waals surface area contributed by atoms with E-state index < -0.39 is 0 Å². The summed E-state index contributed by atoms with van der Waals surface area (Å²) in [4.78, 5) is 35.7. The fourth-order valence-electron chi connectivity index (χ4n) is 5.13. The molecule has 39 heavy (non-hydrogen) atoms. The molecule has 2 saturated heterocycles. The Balaban J connectivity index is 0.00000308. The molecule has 1 N–H and O–H groups in total. The third-order valence-corrected chi connectivity index (χ3v) is 6.83. The summed E-state index contributed by atoms with van der Waals surface area (Å²) in [6.45, 7) is 9.06. The van der Waals surface area contributed by atoms with Crippen molar-refractivity contribution in [1.29, 1.82) is 0 Å². The van der Waals surface area contributed by atoms with E-state index >= 15 is 0 Å². The largest absolute Gasteiger partial charge is 0.444 e. The normalized spacial score (nSPS) is 19.7. The zero-order valence-electron chi connectivity index (χ0n) is 22.2. The van der Waals surface area contributed by atoms with Crippen LogP contribution in [-0.4, -0.2) is 64.2 Å². The van der Waals surface area contributed by atoms with Gasteiger partial charge >= 0.3 is 0 Å². The smallest absolute Gasteiger partial charge is 0.300 e. The van der Waals surface area contributed by atoms with Crippen molar-refractivity contribution >= 4 is 47.1 Å². The number of aryl methyl sites for hydroxylation is 1. The van der Waals surface area contributed by atoms with Crippen molar-refractivity contribution in [2.75, 3.05) is 41.3 Å². The van der Waals surface area contributed by atoms with E-state index in [9.17, 15) is 4.79 Å². The van der Waals surface area contributed by atoms with Crippen molar-refractivity contribution in [2.24, 2.45) is 0 Å². The predicted molar refractivity (Wildman–Crippen MR) is 150 cm³/mol. The van der Waals surface area contributed by atoms with Gasteiger partial charge in [0.15, 0.2) is 17.1 Å². The Labute approximate surface area is 232 Å². The highest BCUT2D eigenvalue weighted by Gasteiger charge is 2.27. The third-order valence-electron chi connectivity index (χ3n) is 6.83. The first kappa shape index (κ1) is 26.9. The van der Waals surface area contributed by atoms with E-state index in [0.717, 1.165) is 37.2 Å². The van der Waals surface area contributed by atoms with Gasteiger partial charge in [0.1, 0.15) is 6.26 Å². The van der Waals surface area contributed by atoms with Crippen LogP contribution in [0.5, 0.6) is 0 Å². The first-order chi connectivity index (χ1) is 18.4. The number of amides is 1. The van der Waals surface area contributed by atoms with E-state index in [1.807, 2.05) is 26.8 Å². The molecule has 4 aromatic heterocycles.